The maximum Gasteiger partial charge on any atom is 0.340 e. The van der Waals surface area contributed by atoms with Crippen molar-refractivity contribution in [2.75, 3.05) is 5.73 Å². The van der Waals surface area contributed by atoms with Crippen molar-refractivity contribution in [3.05, 3.63) is 74.2 Å². The lowest BCUT2D eigenvalue weighted by Gasteiger charge is -2.05. The number of halogens is 1. The zero-order chi connectivity index (χ0) is 18.7. The Morgan fingerprint density at radius 2 is 2.08 bits per heavy atom. The number of nitro groups is 1. The van der Waals surface area contributed by atoms with Gasteiger partial charge in [0.15, 0.2) is 0 Å². The Kier molecular flexibility index (Phi) is 5.15. The molecule has 9 heteroatoms. The number of ether oxygens (including phenoxy) is 1. The molecule has 0 atom stereocenters. The SMILES string of the molecule is Nc1ccc([N+](=O)[O-])cc1C(=O)OCc1csc(-c2ccccc2Cl)n1. The van der Waals surface area contributed by atoms with Crippen LogP contribution in [0.5, 0.6) is 0 Å². The quantitative estimate of drug-likeness (QED) is 0.301. The highest BCUT2D eigenvalue weighted by Crippen LogP contribution is 2.30. The van der Waals surface area contributed by atoms with Crippen molar-refractivity contribution >= 4 is 40.3 Å². The summed E-state index contributed by atoms with van der Waals surface area (Å²) in [6, 6.07) is 10.9. The fourth-order valence-corrected chi connectivity index (χ4v) is 3.31. The molecule has 0 amide bonds. The molecule has 7 nitrogen and oxygen atoms in total. The van der Waals surface area contributed by atoms with Gasteiger partial charge in [0, 0.05) is 28.8 Å². The Morgan fingerprint density at radius 1 is 1.31 bits per heavy atom. The van der Waals surface area contributed by atoms with Gasteiger partial charge in [-0.2, -0.15) is 0 Å². The van der Waals surface area contributed by atoms with Crippen LogP contribution in [0.3, 0.4) is 0 Å². The monoisotopic (exact) mass is 389 g/mol. The summed E-state index contributed by atoms with van der Waals surface area (Å²) in [4.78, 5) is 26.8. The number of hydrogen-bond acceptors (Lipinski definition) is 7. The second-order valence-electron chi connectivity index (χ2n) is 5.23. The summed E-state index contributed by atoms with van der Waals surface area (Å²) in [5.74, 6) is -0.751. The number of anilines is 1. The highest BCUT2D eigenvalue weighted by atomic mass is 35.5. The van der Waals surface area contributed by atoms with Gasteiger partial charge in [-0.25, -0.2) is 9.78 Å². The number of hydrogen-bond donors (Lipinski definition) is 1. The minimum atomic E-state index is -0.751. The minimum Gasteiger partial charge on any atom is -0.455 e. The number of nitrogens with zero attached hydrogens (tertiary/aromatic N) is 2. The molecule has 26 heavy (non-hydrogen) atoms. The maximum absolute atomic E-state index is 12.2. The molecule has 2 N–H and O–H groups in total. The second-order valence-corrected chi connectivity index (χ2v) is 6.49. The van der Waals surface area contributed by atoms with Gasteiger partial charge in [-0.1, -0.05) is 29.8 Å². The van der Waals surface area contributed by atoms with E-state index in [2.05, 4.69) is 4.98 Å². The van der Waals surface area contributed by atoms with Crippen LogP contribution in [-0.4, -0.2) is 15.9 Å². The number of carbonyl (C=O) groups is 1. The summed E-state index contributed by atoms with van der Waals surface area (Å²) in [7, 11) is 0. The molecule has 0 spiro atoms. The molecule has 0 aliphatic carbocycles. The number of nitrogen functional groups attached to an aromatic ring is 1. The number of benzene rings is 2. The summed E-state index contributed by atoms with van der Waals surface area (Å²) in [5.41, 5.74) is 6.86. The van der Waals surface area contributed by atoms with Crippen LogP contribution in [-0.2, 0) is 11.3 Å². The van der Waals surface area contributed by atoms with Crippen LogP contribution in [0.15, 0.2) is 47.8 Å². The lowest BCUT2D eigenvalue weighted by atomic mass is 10.1. The molecular formula is C17H12ClN3O4S. The molecule has 3 aromatic rings. The fourth-order valence-electron chi connectivity index (χ4n) is 2.18. The molecule has 132 valence electrons. The highest BCUT2D eigenvalue weighted by molar-refractivity contribution is 7.13. The van der Waals surface area contributed by atoms with Crippen molar-refractivity contribution < 1.29 is 14.5 Å². The minimum absolute atomic E-state index is 0.0549. The topological polar surface area (TPSA) is 108 Å². The first-order chi connectivity index (χ1) is 12.5. The van der Waals surface area contributed by atoms with Crippen molar-refractivity contribution in [3.8, 4) is 10.6 Å². The fraction of sp³-hybridized carbons (Fsp3) is 0.0588. The van der Waals surface area contributed by atoms with E-state index >= 15 is 0 Å². The van der Waals surface area contributed by atoms with Crippen LogP contribution in [0.1, 0.15) is 16.1 Å². The molecule has 0 radical (unpaired) electrons. The van der Waals surface area contributed by atoms with Crippen LogP contribution < -0.4 is 5.73 Å². The molecule has 0 saturated carbocycles. The molecule has 3 rings (SSSR count). The van der Waals surface area contributed by atoms with Crippen molar-refractivity contribution in [3.63, 3.8) is 0 Å². The van der Waals surface area contributed by atoms with Crippen LogP contribution in [0.2, 0.25) is 5.02 Å². The Balaban J connectivity index is 1.72. The largest absolute Gasteiger partial charge is 0.455 e. The number of nitrogens with two attached hydrogens (primary N) is 1. The first-order valence-corrected chi connectivity index (χ1v) is 8.62. The molecule has 0 aliphatic rings. The van der Waals surface area contributed by atoms with Crippen LogP contribution in [0.25, 0.3) is 10.6 Å². The number of non-ortho nitro benzene ring substituents is 1. The second kappa shape index (κ2) is 7.51. The average molecular weight is 390 g/mol. The van der Waals surface area contributed by atoms with Gasteiger partial charge in [-0.3, -0.25) is 10.1 Å². The van der Waals surface area contributed by atoms with E-state index in [1.54, 1.807) is 11.4 Å². The van der Waals surface area contributed by atoms with Crippen LogP contribution in [0, 0.1) is 10.1 Å². The van der Waals surface area contributed by atoms with Crippen molar-refractivity contribution in [2.45, 2.75) is 6.61 Å². The number of thiazole rings is 1. The Hall–Kier alpha value is -2.97. The average Bonchev–Trinajstić information content (AvgIpc) is 3.09. The summed E-state index contributed by atoms with van der Waals surface area (Å²) >= 11 is 7.52. The van der Waals surface area contributed by atoms with Gasteiger partial charge < -0.3 is 10.5 Å². The number of esters is 1. The van der Waals surface area contributed by atoms with E-state index in [0.717, 1.165) is 11.6 Å². The zero-order valence-electron chi connectivity index (χ0n) is 13.2. The lowest BCUT2D eigenvalue weighted by Crippen LogP contribution is -2.09. The first-order valence-electron chi connectivity index (χ1n) is 7.36. The number of aromatic nitrogens is 1. The Labute approximate surface area is 157 Å². The zero-order valence-corrected chi connectivity index (χ0v) is 14.8. The van der Waals surface area contributed by atoms with Crippen molar-refractivity contribution in [2.24, 2.45) is 0 Å². The van der Waals surface area contributed by atoms with Gasteiger partial charge >= 0.3 is 5.97 Å². The van der Waals surface area contributed by atoms with E-state index in [4.69, 9.17) is 22.1 Å². The number of carbonyl (C=O) groups excluding carboxylic acids is 1. The molecule has 2 aromatic carbocycles. The standard InChI is InChI=1S/C17H12ClN3O4S/c18-14-4-2-1-3-12(14)16-20-10(9-26-16)8-25-17(22)13-7-11(21(23)24)5-6-15(13)19/h1-7,9H,8,19H2. The summed E-state index contributed by atoms with van der Waals surface area (Å²) in [6.45, 7) is -0.0814. The molecule has 0 fully saturated rings. The molecular weight excluding hydrogens is 378 g/mol. The van der Waals surface area contributed by atoms with Gasteiger partial charge in [0.25, 0.3) is 5.69 Å². The van der Waals surface area contributed by atoms with E-state index in [-0.39, 0.29) is 23.5 Å². The molecule has 1 heterocycles. The third kappa shape index (κ3) is 3.81. The molecule has 0 unspecified atom stereocenters. The van der Waals surface area contributed by atoms with Gasteiger partial charge in [0.05, 0.1) is 21.2 Å². The normalized spacial score (nSPS) is 10.5. The predicted octanol–water partition coefficient (Wildman–Crippen LogP) is 4.31. The predicted molar refractivity (Wildman–Crippen MR) is 99.2 cm³/mol. The van der Waals surface area contributed by atoms with E-state index in [1.165, 1.54) is 23.5 Å². The van der Waals surface area contributed by atoms with Crippen LogP contribution in [0.4, 0.5) is 11.4 Å². The summed E-state index contributed by atoms with van der Waals surface area (Å²) in [6.07, 6.45) is 0. The summed E-state index contributed by atoms with van der Waals surface area (Å²) < 4.78 is 5.18. The number of rotatable bonds is 5. The lowest BCUT2D eigenvalue weighted by molar-refractivity contribution is -0.384. The Morgan fingerprint density at radius 3 is 2.81 bits per heavy atom. The maximum atomic E-state index is 12.2. The molecule has 1 aromatic heterocycles. The van der Waals surface area contributed by atoms with Crippen LogP contribution >= 0.6 is 22.9 Å². The molecule has 0 aliphatic heterocycles. The van der Waals surface area contributed by atoms with E-state index < -0.39 is 10.9 Å². The summed E-state index contributed by atoms with van der Waals surface area (Å²) in [5, 5.41) is 13.9. The van der Waals surface area contributed by atoms with Crippen molar-refractivity contribution in [1.82, 2.24) is 4.98 Å². The van der Waals surface area contributed by atoms with E-state index in [0.29, 0.717) is 15.7 Å². The smallest absolute Gasteiger partial charge is 0.340 e. The number of nitro benzene ring substituents is 1. The third-order valence-corrected chi connectivity index (χ3v) is 4.73. The molecule has 0 bridgehead atoms. The van der Waals surface area contributed by atoms with Gasteiger partial charge in [-0.15, -0.1) is 11.3 Å². The Bertz CT molecular complexity index is 990. The third-order valence-electron chi connectivity index (χ3n) is 3.47. The van der Waals surface area contributed by atoms with E-state index in [1.807, 2.05) is 18.2 Å². The highest BCUT2D eigenvalue weighted by Gasteiger charge is 2.17. The van der Waals surface area contributed by atoms with Gasteiger partial charge in [0.1, 0.15) is 11.6 Å². The van der Waals surface area contributed by atoms with Gasteiger partial charge in [-0.05, 0) is 12.1 Å². The van der Waals surface area contributed by atoms with Crippen molar-refractivity contribution in [1.29, 1.82) is 0 Å². The first kappa shape index (κ1) is 17.8. The van der Waals surface area contributed by atoms with E-state index in [9.17, 15) is 14.9 Å². The van der Waals surface area contributed by atoms with Gasteiger partial charge in [0.2, 0.25) is 0 Å². The molecule has 0 saturated heterocycles.